The van der Waals surface area contributed by atoms with Crippen molar-refractivity contribution in [3.05, 3.63) is 51.8 Å². The van der Waals surface area contributed by atoms with Gasteiger partial charge in [-0.3, -0.25) is 4.79 Å². The summed E-state index contributed by atoms with van der Waals surface area (Å²) >= 11 is 0. The summed E-state index contributed by atoms with van der Waals surface area (Å²) in [5, 5.41) is 3.30. The molecule has 2 heterocycles. The smallest absolute Gasteiger partial charge is 0.293 e. The first kappa shape index (κ1) is 19.2. The highest BCUT2D eigenvalue weighted by molar-refractivity contribution is 5.37. The van der Waals surface area contributed by atoms with E-state index in [0.717, 1.165) is 13.5 Å². The molecule has 1 aliphatic rings. The van der Waals surface area contributed by atoms with Gasteiger partial charge < -0.3 is 19.5 Å². The third-order valence-electron chi connectivity index (χ3n) is 4.50. The Hall–Kier alpha value is -2.55. The highest BCUT2D eigenvalue weighted by atomic mass is 19.2. The topological polar surface area (TPSA) is 59.4 Å². The van der Waals surface area contributed by atoms with E-state index in [9.17, 15) is 18.0 Å². The normalized spacial score (nSPS) is 17.2. The predicted octanol–water partition coefficient (Wildman–Crippen LogP) is 1.85. The minimum atomic E-state index is -1.24. The fourth-order valence-electron chi connectivity index (χ4n) is 3.01. The summed E-state index contributed by atoms with van der Waals surface area (Å²) < 4.78 is 47.4. The monoisotopic (exact) mass is 382 g/mol. The van der Waals surface area contributed by atoms with E-state index in [1.54, 1.807) is 0 Å². The first-order valence-electron chi connectivity index (χ1n) is 8.69. The van der Waals surface area contributed by atoms with Crippen molar-refractivity contribution < 1.29 is 17.9 Å². The summed E-state index contributed by atoms with van der Waals surface area (Å²) in [5.41, 5.74) is -0.724. The van der Waals surface area contributed by atoms with Crippen LogP contribution in [0.5, 0.6) is 5.75 Å². The van der Waals surface area contributed by atoms with Crippen LogP contribution in [-0.2, 0) is 6.54 Å². The SMILES string of the molecule is Cc1c(F)c(F)cc(OCCn2ccnc(N3CCNC(C)C3)c2=O)c1F. The van der Waals surface area contributed by atoms with Gasteiger partial charge in [-0.05, 0) is 13.8 Å². The molecule has 6 nitrogen and oxygen atoms in total. The molecule has 2 aromatic rings. The molecule has 1 fully saturated rings. The second-order valence-corrected chi connectivity index (χ2v) is 6.51. The Labute approximate surface area is 154 Å². The Bertz CT molecular complexity index is 888. The van der Waals surface area contributed by atoms with Crippen molar-refractivity contribution >= 4 is 5.82 Å². The van der Waals surface area contributed by atoms with E-state index in [4.69, 9.17) is 4.74 Å². The minimum absolute atomic E-state index is 0.0806. The van der Waals surface area contributed by atoms with Crippen LogP contribution < -0.4 is 20.5 Å². The summed E-state index contributed by atoms with van der Waals surface area (Å²) in [4.78, 5) is 18.7. The van der Waals surface area contributed by atoms with E-state index in [-0.39, 0.29) is 30.5 Å². The Morgan fingerprint density at radius 1 is 1.33 bits per heavy atom. The summed E-state index contributed by atoms with van der Waals surface area (Å²) in [6.07, 6.45) is 3.03. The van der Waals surface area contributed by atoms with Gasteiger partial charge in [0.1, 0.15) is 6.61 Å². The van der Waals surface area contributed by atoms with Crippen molar-refractivity contribution in [2.45, 2.75) is 26.4 Å². The van der Waals surface area contributed by atoms with Crippen LogP contribution >= 0.6 is 0 Å². The number of nitrogens with zero attached hydrogens (tertiary/aromatic N) is 3. The molecule has 1 unspecified atom stereocenters. The van der Waals surface area contributed by atoms with Crippen LogP contribution in [0.25, 0.3) is 0 Å². The fraction of sp³-hybridized carbons (Fsp3) is 0.444. The van der Waals surface area contributed by atoms with Crippen molar-refractivity contribution in [1.29, 1.82) is 0 Å². The molecule has 0 spiro atoms. The number of piperazine rings is 1. The zero-order valence-corrected chi connectivity index (χ0v) is 15.1. The van der Waals surface area contributed by atoms with Gasteiger partial charge in [-0.15, -0.1) is 0 Å². The van der Waals surface area contributed by atoms with Crippen LogP contribution in [-0.4, -0.2) is 41.8 Å². The summed E-state index contributed by atoms with van der Waals surface area (Å²) in [5.74, 6) is -3.41. The van der Waals surface area contributed by atoms with E-state index in [1.165, 1.54) is 17.0 Å². The molecule has 1 aromatic heterocycles. The predicted molar refractivity (Wildman–Crippen MR) is 94.7 cm³/mol. The Morgan fingerprint density at radius 3 is 2.85 bits per heavy atom. The van der Waals surface area contributed by atoms with Gasteiger partial charge in [0.15, 0.2) is 29.0 Å². The zero-order valence-electron chi connectivity index (χ0n) is 15.1. The van der Waals surface area contributed by atoms with Crippen molar-refractivity contribution in [2.24, 2.45) is 0 Å². The van der Waals surface area contributed by atoms with Crippen LogP contribution in [0.2, 0.25) is 0 Å². The van der Waals surface area contributed by atoms with Gasteiger partial charge in [0, 0.05) is 49.7 Å². The Balaban J connectivity index is 1.71. The third-order valence-corrected chi connectivity index (χ3v) is 4.50. The zero-order chi connectivity index (χ0) is 19.6. The lowest BCUT2D eigenvalue weighted by Gasteiger charge is -2.32. The van der Waals surface area contributed by atoms with Gasteiger partial charge in [-0.25, -0.2) is 18.2 Å². The molecule has 0 aliphatic carbocycles. The van der Waals surface area contributed by atoms with Crippen LogP contribution in [0.3, 0.4) is 0 Å². The molecule has 0 radical (unpaired) electrons. The maximum absolute atomic E-state index is 14.0. The molecule has 1 aromatic carbocycles. The van der Waals surface area contributed by atoms with Gasteiger partial charge in [0.05, 0.1) is 6.54 Å². The van der Waals surface area contributed by atoms with Gasteiger partial charge in [-0.2, -0.15) is 0 Å². The Kier molecular flexibility index (Phi) is 5.69. The molecule has 0 bridgehead atoms. The standard InChI is InChI=1S/C18H21F3N4O2/c1-11-10-25(6-3-22-11)17-18(26)24(5-4-23-17)7-8-27-14-9-13(19)15(20)12(2)16(14)21/h4-5,9,11,22H,3,6-8,10H2,1-2H3. The average molecular weight is 382 g/mol. The lowest BCUT2D eigenvalue weighted by atomic mass is 10.2. The minimum Gasteiger partial charge on any atom is -0.489 e. The average Bonchev–Trinajstić information content (AvgIpc) is 2.65. The molecule has 27 heavy (non-hydrogen) atoms. The molecule has 0 amide bonds. The van der Waals surface area contributed by atoms with Crippen LogP contribution in [0.1, 0.15) is 12.5 Å². The molecule has 1 aliphatic heterocycles. The summed E-state index contributed by atoms with van der Waals surface area (Å²) in [6.45, 7) is 5.30. The number of anilines is 1. The van der Waals surface area contributed by atoms with Gasteiger partial charge in [-0.1, -0.05) is 0 Å². The fourth-order valence-corrected chi connectivity index (χ4v) is 3.01. The number of benzene rings is 1. The molecule has 3 rings (SSSR count). The number of halogens is 3. The molecule has 146 valence electrons. The summed E-state index contributed by atoms with van der Waals surface area (Å²) in [6, 6.07) is 0.914. The first-order valence-corrected chi connectivity index (χ1v) is 8.69. The van der Waals surface area contributed by atoms with Crippen molar-refractivity contribution in [1.82, 2.24) is 14.9 Å². The van der Waals surface area contributed by atoms with E-state index < -0.39 is 23.0 Å². The highest BCUT2D eigenvalue weighted by Crippen LogP contribution is 2.25. The second-order valence-electron chi connectivity index (χ2n) is 6.51. The second kappa shape index (κ2) is 7.99. The molecular formula is C18H21F3N4O2. The molecular weight excluding hydrogens is 361 g/mol. The Morgan fingerprint density at radius 2 is 2.11 bits per heavy atom. The number of aromatic nitrogens is 2. The molecule has 9 heteroatoms. The van der Waals surface area contributed by atoms with Crippen LogP contribution in [0, 0.1) is 24.4 Å². The molecule has 1 atom stereocenters. The van der Waals surface area contributed by atoms with Crippen molar-refractivity contribution in [2.75, 3.05) is 31.1 Å². The quantitative estimate of drug-likeness (QED) is 0.800. The number of hydrogen-bond donors (Lipinski definition) is 1. The van der Waals surface area contributed by atoms with Crippen molar-refractivity contribution in [3.63, 3.8) is 0 Å². The van der Waals surface area contributed by atoms with Gasteiger partial charge >= 0.3 is 0 Å². The van der Waals surface area contributed by atoms with Crippen LogP contribution in [0.15, 0.2) is 23.3 Å². The number of hydrogen-bond acceptors (Lipinski definition) is 5. The van der Waals surface area contributed by atoms with E-state index >= 15 is 0 Å². The number of rotatable bonds is 5. The van der Waals surface area contributed by atoms with E-state index in [1.807, 2.05) is 11.8 Å². The molecule has 0 saturated carbocycles. The molecule has 1 N–H and O–H groups in total. The van der Waals surface area contributed by atoms with Crippen LogP contribution in [0.4, 0.5) is 19.0 Å². The van der Waals surface area contributed by atoms with Gasteiger partial charge in [0.25, 0.3) is 5.56 Å². The van der Waals surface area contributed by atoms with Gasteiger partial charge in [0.2, 0.25) is 0 Å². The maximum Gasteiger partial charge on any atom is 0.293 e. The maximum atomic E-state index is 14.0. The largest absolute Gasteiger partial charge is 0.489 e. The first-order chi connectivity index (χ1) is 12.9. The number of nitrogens with one attached hydrogen (secondary N) is 1. The summed E-state index contributed by atoms with van der Waals surface area (Å²) in [7, 11) is 0. The highest BCUT2D eigenvalue weighted by Gasteiger charge is 2.20. The lowest BCUT2D eigenvalue weighted by molar-refractivity contribution is 0.278. The molecule has 1 saturated heterocycles. The number of ether oxygens (including phenoxy) is 1. The van der Waals surface area contributed by atoms with E-state index in [0.29, 0.717) is 25.0 Å². The third kappa shape index (κ3) is 4.08. The lowest BCUT2D eigenvalue weighted by Crippen LogP contribution is -2.51. The van der Waals surface area contributed by atoms with Crippen molar-refractivity contribution in [3.8, 4) is 5.75 Å². The van der Waals surface area contributed by atoms with E-state index in [2.05, 4.69) is 10.3 Å².